The van der Waals surface area contributed by atoms with Gasteiger partial charge in [-0.25, -0.2) is 4.98 Å². The lowest BCUT2D eigenvalue weighted by molar-refractivity contribution is -0.142. The zero-order chi connectivity index (χ0) is 18.7. The summed E-state index contributed by atoms with van der Waals surface area (Å²) in [7, 11) is 0. The number of carbonyl (C=O) groups is 1. The van der Waals surface area contributed by atoms with Crippen LogP contribution in [-0.2, 0) is 11.0 Å². The monoisotopic (exact) mass is 358 g/mol. The van der Waals surface area contributed by atoms with Gasteiger partial charge in [-0.3, -0.25) is 4.79 Å². The quantitative estimate of drug-likeness (QED) is 0.794. The maximum atomic E-state index is 12.7. The number of amides is 1. The Kier molecular flexibility index (Phi) is 5.95. The van der Waals surface area contributed by atoms with E-state index in [-0.39, 0.29) is 23.1 Å². The molecule has 25 heavy (non-hydrogen) atoms. The van der Waals surface area contributed by atoms with Crippen LogP contribution < -0.4 is 4.74 Å². The number of piperidine rings is 1. The van der Waals surface area contributed by atoms with Crippen LogP contribution in [0.3, 0.4) is 0 Å². The number of carbonyl (C=O) groups excluding carboxylic acids is 1. The molecule has 1 aliphatic heterocycles. The van der Waals surface area contributed by atoms with E-state index in [2.05, 4.69) is 4.98 Å². The molecule has 140 valence electrons. The molecule has 0 bridgehead atoms. The van der Waals surface area contributed by atoms with Gasteiger partial charge in [-0.05, 0) is 31.2 Å². The molecule has 0 saturated carbocycles. The molecule has 7 heteroatoms. The first-order valence-corrected chi connectivity index (χ1v) is 8.60. The van der Waals surface area contributed by atoms with E-state index in [1.54, 1.807) is 0 Å². The van der Waals surface area contributed by atoms with Gasteiger partial charge in [0.05, 0.1) is 6.61 Å². The summed E-state index contributed by atoms with van der Waals surface area (Å²) in [5.74, 6) is 0.361. The molecule has 1 aromatic rings. The van der Waals surface area contributed by atoms with Gasteiger partial charge in [-0.15, -0.1) is 0 Å². The van der Waals surface area contributed by atoms with Crippen LogP contribution in [0, 0.1) is 11.3 Å². The number of hydrogen-bond acceptors (Lipinski definition) is 3. The van der Waals surface area contributed by atoms with Crippen molar-refractivity contribution in [2.45, 2.75) is 46.2 Å². The highest BCUT2D eigenvalue weighted by molar-refractivity contribution is 5.81. The molecule has 0 radical (unpaired) electrons. The number of nitrogens with zero attached hydrogens (tertiary/aromatic N) is 2. The molecular formula is C18H25F3N2O2. The molecule has 0 spiro atoms. The third-order valence-corrected chi connectivity index (χ3v) is 4.85. The minimum atomic E-state index is -4.48. The summed E-state index contributed by atoms with van der Waals surface area (Å²) < 4.78 is 43.4. The third kappa shape index (κ3) is 5.09. The van der Waals surface area contributed by atoms with Crippen LogP contribution in [0.2, 0.25) is 0 Å². The lowest BCUT2D eigenvalue weighted by Crippen LogP contribution is -2.45. The number of pyridine rings is 1. The fraction of sp³-hybridized carbons (Fsp3) is 0.667. The van der Waals surface area contributed by atoms with E-state index in [1.165, 1.54) is 12.1 Å². The Morgan fingerprint density at radius 2 is 1.92 bits per heavy atom. The van der Waals surface area contributed by atoms with E-state index in [9.17, 15) is 18.0 Å². The van der Waals surface area contributed by atoms with Crippen molar-refractivity contribution in [1.82, 2.24) is 9.88 Å². The first kappa shape index (κ1) is 19.5. The van der Waals surface area contributed by atoms with E-state index in [4.69, 9.17) is 4.74 Å². The highest BCUT2D eigenvalue weighted by atomic mass is 19.4. The van der Waals surface area contributed by atoms with E-state index < -0.39 is 11.9 Å². The lowest BCUT2D eigenvalue weighted by Gasteiger charge is -2.36. The molecule has 1 aromatic heterocycles. The first-order chi connectivity index (χ1) is 11.6. The van der Waals surface area contributed by atoms with Gasteiger partial charge in [0.25, 0.3) is 0 Å². The highest BCUT2D eigenvalue weighted by Crippen LogP contribution is 2.29. The van der Waals surface area contributed by atoms with Crippen molar-refractivity contribution < 1.29 is 22.7 Å². The number of rotatable bonds is 5. The second-order valence-electron chi connectivity index (χ2n) is 7.14. The predicted octanol–water partition coefficient (Wildman–Crippen LogP) is 4.15. The summed E-state index contributed by atoms with van der Waals surface area (Å²) in [6.07, 6.45) is -2.12. The molecule has 0 aliphatic carbocycles. The van der Waals surface area contributed by atoms with Gasteiger partial charge >= 0.3 is 6.18 Å². The van der Waals surface area contributed by atoms with E-state index in [1.807, 2.05) is 25.7 Å². The van der Waals surface area contributed by atoms with Crippen LogP contribution in [0.4, 0.5) is 13.2 Å². The van der Waals surface area contributed by atoms with E-state index in [0.29, 0.717) is 19.7 Å². The van der Waals surface area contributed by atoms with Gasteiger partial charge < -0.3 is 9.64 Å². The topological polar surface area (TPSA) is 42.4 Å². The zero-order valence-corrected chi connectivity index (χ0v) is 14.9. The normalized spacial score (nSPS) is 16.8. The highest BCUT2D eigenvalue weighted by Gasteiger charge is 2.34. The predicted molar refractivity (Wildman–Crippen MR) is 88.1 cm³/mol. The van der Waals surface area contributed by atoms with Crippen LogP contribution in [0.15, 0.2) is 18.2 Å². The molecule has 0 N–H and O–H groups in total. The van der Waals surface area contributed by atoms with Crippen molar-refractivity contribution >= 4 is 5.91 Å². The average molecular weight is 358 g/mol. The fourth-order valence-corrected chi connectivity index (χ4v) is 2.74. The van der Waals surface area contributed by atoms with Crippen molar-refractivity contribution in [2.75, 3.05) is 19.7 Å². The van der Waals surface area contributed by atoms with Crippen molar-refractivity contribution in [3.8, 4) is 5.88 Å². The number of ether oxygens (including phenoxy) is 1. The molecule has 0 aromatic carbocycles. The van der Waals surface area contributed by atoms with Gasteiger partial charge in [-0.2, -0.15) is 13.2 Å². The molecule has 2 heterocycles. The number of hydrogen-bond donors (Lipinski definition) is 0. The number of likely N-dealkylation sites (tertiary alicyclic amines) is 1. The molecule has 1 amide bonds. The standard InChI is InChI=1S/C18H25F3N2O2/c1-4-17(2,3)16(24)23-10-8-13(9-11-23)12-25-15-7-5-6-14(22-15)18(19,20)21/h5-7,13H,4,8-12H2,1-3H3. The van der Waals surface area contributed by atoms with Crippen LogP contribution in [0.5, 0.6) is 5.88 Å². The van der Waals surface area contributed by atoms with Gasteiger partial charge in [0.15, 0.2) is 0 Å². The summed E-state index contributed by atoms with van der Waals surface area (Å²) in [6.45, 7) is 7.53. The molecule has 2 rings (SSSR count). The Balaban J connectivity index is 1.84. The second kappa shape index (κ2) is 7.62. The Morgan fingerprint density at radius 3 is 2.48 bits per heavy atom. The Labute approximate surface area is 146 Å². The summed E-state index contributed by atoms with van der Waals surface area (Å²) in [5.41, 5.74) is -1.31. The maximum absolute atomic E-state index is 12.7. The number of alkyl halides is 3. The Morgan fingerprint density at radius 1 is 1.28 bits per heavy atom. The second-order valence-corrected chi connectivity index (χ2v) is 7.14. The largest absolute Gasteiger partial charge is 0.477 e. The maximum Gasteiger partial charge on any atom is 0.433 e. The smallest absolute Gasteiger partial charge is 0.433 e. The molecular weight excluding hydrogens is 333 g/mol. The molecule has 1 saturated heterocycles. The van der Waals surface area contributed by atoms with E-state index in [0.717, 1.165) is 25.3 Å². The molecule has 0 atom stereocenters. The molecule has 4 nitrogen and oxygen atoms in total. The minimum Gasteiger partial charge on any atom is -0.477 e. The lowest BCUT2D eigenvalue weighted by atomic mass is 9.87. The summed E-state index contributed by atoms with van der Waals surface area (Å²) >= 11 is 0. The van der Waals surface area contributed by atoms with Crippen LogP contribution in [0.1, 0.15) is 45.7 Å². The van der Waals surface area contributed by atoms with Crippen molar-refractivity contribution in [1.29, 1.82) is 0 Å². The third-order valence-electron chi connectivity index (χ3n) is 4.85. The minimum absolute atomic E-state index is 0.0135. The molecule has 0 unspecified atom stereocenters. The van der Waals surface area contributed by atoms with Crippen LogP contribution in [0.25, 0.3) is 0 Å². The zero-order valence-electron chi connectivity index (χ0n) is 14.9. The van der Waals surface area contributed by atoms with Gasteiger partial charge in [0, 0.05) is 24.6 Å². The number of aromatic nitrogens is 1. The average Bonchev–Trinajstić information content (AvgIpc) is 2.59. The number of halogens is 3. The van der Waals surface area contributed by atoms with Gasteiger partial charge in [-0.1, -0.05) is 26.8 Å². The van der Waals surface area contributed by atoms with Crippen LogP contribution in [-0.4, -0.2) is 35.5 Å². The molecule has 1 aliphatic rings. The van der Waals surface area contributed by atoms with E-state index >= 15 is 0 Å². The molecule has 1 fully saturated rings. The first-order valence-electron chi connectivity index (χ1n) is 8.60. The Hall–Kier alpha value is -1.79. The summed E-state index contributed by atoms with van der Waals surface area (Å²) in [6, 6.07) is 3.64. The summed E-state index contributed by atoms with van der Waals surface area (Å²) in [4.78, 5) is 17.8. The van der Waals surface area contributed by atoms with Crippen LogP contribution >= 0.6 is 0 Å². The van der Waals surface area contributed by atoms with Crippen molar-refractivity contribution in [3.63, 3.8) is 0 Å². The van der Waals surface area contributed by atoms with Crippen molar-refractivity contribution in [2.24, 2.45) is 11.3 Å². The fourth-order valence-electron chi connectivity index (χ4n) is 2.74. The van der Waals surface area contributed by atoms with Gasteiger partial charge in [0.2, 0.25) is 11.8 Å². The Bertz CT molecular complexity index is 594. The van der Waals surface area contributed by atoms with Crippen molar-refractivity contribution in [3.05, 3.63) is 23.9 Å². The van der Waals surface area contributed by atoms with Gasteiger partial charge in [0.1, 0.15) is 5.69 Å². The summed E-state index contributed by atoms with van der Waals surface area (Å²) in [5, 5.41) is 0. The SMILES string of the molecule is CCC(C)(C)C(=O)N1CCC(COc2cccc(C(F)(F)F)n2)CC1.